The molecule has 4 rings (SSSR count). The third-order valence-corrected chi connectivity index (χ3v) is 6.64. The molecular weight excluding hydrogens is 489 g/mol. The minimum atomic E-state index is -0.591. The minimum absolute atomic E-state index is 0.0348. The molecule has 0 radical (unpaired) electrons. The third-order valence-electron chi connectivity index (χ3n) is 6.64. The Kier molecular flexibility index (Phi) is 8.57. The third kappa shape index (κ3) is 6.10. The molecule has 202 valence electrons. The number of hydrogen-bond donors (Lipinski definition) is 2. The molecule has 1 saturated heterocycles. The molecule has 1 aliphatic rings. The fourth-order valence-corrected chi connectivity index (χ4v) is 4.74. The number of piperazine rings is 1. The van der Waals surface area contributed by atoms with Gasteiger partial charge in [0.1, 0.15) is 12.4 Å². The zero-order valence-electron chi connectivity index (χ0n) is 22.4. The molecule has 0 aliphatic carbocycles. The van der Waals surface area contributed by atoms with Gasteiger partial charge in [-0.05, 0) is 44.7 Å². The molecule has 2 N–H and O–H groups in total. The van der Waals surface area contributed by atoms with Gasteiger partial charge in [0.05, 0.1) is 31.4 Å². The van der Waals surface area contributed by atoms with Crippen LogP contribution in [0.5, 0.6) is 11.5 Å². The first-order valence-electron chi connectivity index (χ1n) is 12.6. The molecule has 1 amide bonds. The second-order valence-electron chi connectivity index (χ2n) is 9.23. The maximum atomic E-state index is 14.7. The summed E-state index contributed by atoms with van der Waals surface area (Å²) in [5.74, 6) is 0.689. The number of amides is 1. The standard InChI is InChI=1S/C27H34FN7O3/c1-6-35-17(2)14-34(15-18(35)3)24-8-7-21(11-30-24)33-27-31-12-22(13-32-27)38-16-20-9-19(26(36)29-4)10-23(37-5)25(20)28/h7-13,17-18H,6,14-16H2,1-5H3,(H,29,36)(H,31,32,33)/t17-,18+. The highest BCUT2D eigenvalue weighted by molar-refractivity contribution is 5.94. The van der Waals surface area contributed by atoms with E-state index < -0.39 is 5.82 Å². The van der Waals surface area contributed by atoms with Crippen LogP contribution in [0.25, 0.3) is 0 Å². The van der Waals surface area contributed by atoms with E-state index in [9.17, 15) is 9.18 Å². The van der Waals surface area contributed by atoms with Crippen molar-refractivity contribution in [1.29, 1.82) is 0 Å². The monoisotopic (exact) mass is 523 g/mol. The Morgan fingerprint density at radius 1 is 1.11 bits per heavy atom. The van der Waals surface area contributed by atoms with Crippen molar-refractivity contribution in [3.05, 3.63) is 59.8 Å². The van der Waals surface area contributed by atoms with E-state index in [1.54, 1.807) is 6.20 Å². The summed E-state index contributed by atoms with van der Waals surface area (Å²) in [5.41, 5.74) is 1.21. The van der Waals surface area contributed by atoms with Crippen LogP contribution in [0.1, 0.15) is 36.7 Å². The predicted molar refractivity (Wildman–Crippen MR) is 144 cm³/mol. The molecule has 0 bridgehead atoms. The lowest BCUT2D eigenvalue weighted by Gasteiger charge is -2.44. The first kappa shape index (κ1) is 27.1. The summed E-state index contributed by atoms with van der Waals surface area (Å²) < 4.78 is 25.4. The van der Waals surface area contributed by atoms with Crippen molar-refractivity contribution >= 4 is 23.4 Å². The number of benzene rings is 1. The number of carbonyl (C=O) groups excluding carboxylic acids is 1. The zero-order valence-corrected chi connectivity index (χ0v) is 22.4. The van der Waals surface area contributed by atoms with E-state index >= 15 is 0 Å². The van der Waals surface area contributed by atoms with Crippen molar-refractivity contribution < 1.29 is 18.7 Å². The normalized spacial score (nSPS) is 17.7. The maximum absolute atomic E-state index is 14.7. The van der Waals surface area contributed by atoms with E-state index in [4.69, 9.17) is 9.47 Å². The fourth-order valence-electron chi connectivity index (χ4n) is 4.74. The molecule has 1 aromatic carbocycles. The summed E-state index contributed by atoms with van der Waals surface area (Å²) >= 11 is 0. The Morgan fingerprint density at radius 2 is 1.82 bits per heavy atom. The second-order valence-corrected chi connectivity index (χ2v) is 9.23. The highest BCUT2D eigenvalue weighted by Crippen LogP contribution is 2.25. The molecule has 0 unspecified atom stereocenters. The van der Waals surface area contributed by atoms with Gasteiger partial charge in [-0.3, -0.25) is 9.69 Å². The van der Waals surface area contributed by atoms with Crippen molar-refractivity contribution in [2.45, 2.75) is 39.5 Å². The number of likely N-dealkylation sites (N-methyl/N-ethyl adjacent to an activating group) is 1. The van der Waals surface area contributed by atoms with Gasteiger partial charge in [0.15, 0.2) is 17.3 Å². The summed E-state index contributed by atoms with van der Waals surface area (Å²) in [6.07, 6.45) is 4.75. The Labute approximate surface area is 222 Å². The number of anilines is 3. The Hall–Kier alpha value is -3.99. The summed E-state index contributed by atoms with van der Waals surface area (Å²) in [6, 6.07) is 7.65. The van der Waals surface area contributed by atoms with Crippen LogP contribution in [0.2, 0.25) is 0 Å². The van der Waals surface area contributed by atoms with Crippen LogP contribution in [0.3, 0.4) is 0 Å². The summed E-state index contributed by atoms with van der Waals surface area (Å²) in [6.45, 7) is 9.51. The summed E-state index contributed by atoms with van der Waals surface area (Å²) in [7, 11) is 2.84. The van der Waals surface area contributed by atoms with Crippen molar-refractivity contribution in [3.63, 3.8) is 0 Å². The van der Waals surface area contributed by atoms with Crippen LogP contribution in [-0.4, -0.2) is 71.6 Å². The average Bonchev–Trinajstić information content (AvgIpc) is 2.93. The SMILES string of the molecule is CCN1[C@H](C)CN(c2ccc(Nc3ncc(OCc4cc(C(=O)NC)cc(OC)c4F)cn3)cn2)C[C@@H]1C. The first-order chi connectivity index (χ1) is 18.3. The fraction of sp³-hybridized carbons (Fsp3) is 0.407. The second kappa shape index (κ2) is 12.0. The highest BCUT2D eigenvalue weighted by Gasteiger charge is 2.28. The van der Waals surface area contributed by atoms with Gasteiger partial charge in [-0.25, -0.2) is 19.3 Å². The van der Waals surface area contributed by atoms with Gasteiger partial charge < -0.3 is 25.0 Å². The Bertz CT molecular complexity index is 1230. The van der Waals surface area contributed by atoms with Crippen LogP contribution in [0.4, 0.5) is 21.8 Å². The number of carbonyl (C=O) groups is 1. The highest BCUT2D eigenvalue weighted by atomic mass is 19.1. The molecule has 1 aliphatic heterocycles. The van der Waals surface area contributed by atoms with Crippen LogP contribution in [0.15, 0.2) is 42.9 Å². The van der Waals surface area contributed by atoms with Gasteiger partial charge in [-0.15, -0.1) is 0 Å². The van der Waals surface area contributed by atoms with Gasteiger partial charge in [0.2, 0.25) is 5.95 Å². The quantitative estimate of drug-likeness (QED) is 0.435. The summed E-state index contributed by atoms with van der Waals surface area (Å²) in [4.78, 5) is 30.0. The minimum Gasteiger partial charge on any atom is -0.494 e. The molecule has 2 aromatic heterocycles. The van der Waals surface area contributed by atoms with E-state index in [0.717, 1.165) is 31.1 Å². The van der Waals surface area contributed by atoms with E-state index in [1.165, 1.54) is 38.7 Å². The molecule has 3 aromatic rings. The first-order valence-corrected chi connectivity index (χ1v) is 12.6. The molecular formula is C27H34FN7O3. The topological polar surface area (TPSA) is 105 Å². The van der Waals surface area contributed by atoms with Gasteiger partial charge in [0, 0.05) is 43.3 Å². The number of ether oxygens (including phenoxy) is 2. The number of methoxy groups -OCH3 is 1. The number of pyridine rings is 1. The molecule has 0 spiro atoms. The van der Waals surface area contributed by atoms with Crippen molar-refractivity contribution in [2.75, 3.05) is 44.0 Å². The maximum Gasteiger partial charge on any atom is 0.251 e. The smallest absolute Gasteiger partial charge is 0.251 e. The van der Waals surface area contributed by atoms with Crippen molar-refractivity contribution in [2.24, 2.45) is 0 Å². The molecule has 10 nitrogen and oxygen atoms in total. The van der Waals surface area contributed by atoms with Crippen LogP contribution in [-0.2, 0) is 6.61 Å². The van der Waals surface area contributed by atoms with E-state index in [0.29, 0.717) is 23.8 Å². The Balaban J connectivity index is 1.36. The van der Waals surface area contributed by atoms with E-state index in [1.807, 2.05) is 12.1 Å². The van der Waals surface area contributed by atoms with Gasteiger partial charge in [0.25, 0.3) is 5.91 Å². The van der Waals surface area contributed by atoms with Crippen molar-refractivity contribution in [3.8, 4) is 11.5 Å². The number of halogens is 1. The number of hydrogen-bond acceptors (Lipinski definition) is 9. The molecule has 0 saturated carbocycles. The Morgan fingerprint density at radius 3 is 2.39 bits per heavy atom. The van der Waals surface area contributed by atoms with Gasteiger partial charge in [-0.1, -0.05) is 6.92 Å². The molecule has 1 fully saturated rings. The van der Waals surface area contributed by atoms with Crippen LogP contribution >= 0.6 is 0 Å². The number of nitrogens with one attached hydrogen (secondary N) is 2. The number of nitrogens with zero attached hydrogens (tertiary/aromatic N) is 5. The average molecular weight is 524 g/mol. The lowest BCUT2D eigenvalue weighted by Crippen LogP contribution is -2.56. The molecule has 11 heteroatoms. The van der Waals surface area contributed by atoms with Crippen LogP contribution < -0.4 is 25.0 Å². The van der Waals surface area contributed by atoms with Gasteiger partial charge in [-0.2, -0.15) is 0 Å². The van der Waals surface area contributed by atoms with Gasteiger partial charge >= 0.3 is 0 Å². The number of aromatic nitrogens is 3. The summed E-state index contributed by atoms with van der Waals surface area (Å²) in [5, 5.41) is 5.64. The van der Waals surface area contributed by atoms with E-state index in [-0.39, 0.29) is 29.4 Å². The molecule has 38 heavy (non-hydrogen) atoms. The largest absolute Gasteiger partial charge is 0.494 e. The molecule has 2 atom stereocenters. The van der Waals surface area contributed by atoms with Crippen molar-refractivity contribution in [1.82, 2.24) is 25.2 Å². The lowest BCUT2D eigenvalue weighted by atomic mass is 10.1. The van der Waals surface area contributed by atoms with Crippen LogP contribution in [0, 0.1) is 5.82 Å². The zero-order chi connectivity index (χ0) is 27.2. The van der Waals surface area contributed by atoms with E-state index in [2.05, 4.69) is 56.2 Å². The number of rotatable bonds is 9. The molecule has 3 heterocycles. The predicted octanol–water partition coefficient (Wildman–Crippen LogP) is 3.62. The lowest BCUT2D eigenvalue weighted by molar-refractivity contribution is 0.0962.